The molecule has 1 aliphatic rings. The smallest absolute Gasteiger partial charge is 0.355 e. The average Bonchev–Trinajstić information content (AvgIpc) is 3.35. The summed E-state index contributed by atoms with van der Waals surface area (Å²) in [7, 11) is 0. The second-order valence-electron chi connectivity index (χ2n) is 8.67. The highest BCUT2D eigenvalue weighted by Gasteiger charge is 2.35. The molecule has 0 bridgehead atoms. The molecular formula is C26H23ClF3N5OS. The van der Waals surface area contributed by atoms with Crippen LogP contribution in [0, 0.1) is 11.3 Å². The van der Waals surface area contributed by atoms with Crippen molar-refractivity contribution in [1.29, 1.82) is 5.26 Å². The fourth-order valence-electron chi connectivity index (χ4n) is 4.08. The number of anilines is 1. The third-order valence-corrected chi connectivity index (χ3v) is 7.63. The van der Waals surface area contributed by atoms with Gasteiger partial charge in [0.2, 0.25) is 5.82 Å². The molecule has 0 radical (unpaired) electrons. The van der Waals surface area contributed by atoms with E-state index < -0.39 is 11.7 Å². The maximum absolute atomic E-state index is 13.4. The largest absolute Gasteiger partial charge is 0.417 e. The number of benzene rings is 2. The number of hydrogen-bond donors (Lipinski definition) is 1. The Hall–Kier alpha value is -3.29. The van der Waals surface area contributed by atoms with E-state index in [1.807, 2.05) is 30.0 Å². The molecule has 2 atom stereocenters. The standard InChI is InChI=1S/C26H23ClF3N5OS/c1-16(17-6-8-18(27)9-7-17)13-33-25(36)20-14-32-23(12-31)34-24(20)35-11-10-19(15-35)37-22-5-3-2-4-21(22)26(28,29)30/h2-9,14,16,19H,10-11,13,15H2,1H3,(H,33,36)/t16?,19-/m0/s1. The minimum atomic E-state index is -4.44. The van der Waals surface area contributed by atoms with Gasteiger partial charge in [0.05, 0.1) is 5.56 Å². The number of aromatic nitrogens is 2. The van der Waals surface area contributed by atoms with E-state index in [4.69, 9.17) is 11.6 Å². The number of nitrogens with zero attached hydrogens (tertiary/aromatic N) is 4. The molecule has 37 heavy (non-hydrogen) atoms. The van der Waals surface area contributed by atoms with Crippen molar-refractivity contribution in [1.82, 2.24) is 15.3 Å². The summed E-state index contributed by atoms with van der Waals surface area (Å²) in [5, 5.41) is 12.7. The van der Waals surface area contributed by atoms with Crippen LogP contribution in [-0.4, -0.2) is 40.8 Å². The molecule has 3 aromatic rings. The fraction of sp³-hybridized carbons (Fsp3) is 0.308. The summed E-state index contributed by atoms with van der Waals surface area (Å²) >= 11 is 7.11. The molecule has 0 spiro atoms. The molecule has 11 heteroatoms. The van der Waals surface area contributed by atoms with Gasteiger partial charge in [-0.05, 0) is 42.2 Å². The molecule has 192 valence electrons. The van der Waals surface area contributed by atoms with E-state index in [9.17, 15) is 23.2 Å². The molecule has 1 unspecified atom stereocenters. The zero-order valence-electron chi connectivity index (χ0n) is 19.8. The lowest BCUT2D eigenvalue weighted by atomic mass is 10.0. The molecule has 1 aliphatic heterocycles. The van der Waals surface area contributed by atoms with E-state index in [-0.39, 0.29) is 33.4 Å². The number of nitrogens with one attached hydrogen (secondary N) is 1. The first-order valence-corrected chi connectivity index (χ1v) is 12.8. The summed E-state index contributed by atoms with van der Waals surface area (Å²) in [4.78, 5) is 23.3. The average molecular weight is 546 g/mol. The molecular weight excluding hydrogens is 523 g/mol. The minimum absolute atomic E-state index is 0.0187. The summed E-state index contributed by atoms with van der Waals surface area (Å²) in [6.07, 6.45) is -2.52. The molecule has 0 saturated carbocycles. The first-order valence-electron chi connectivity index (χ1n) is 11.5. The summed E-state index contributed by atoms with van der Waals surface area (Å²) in [5.74, 6) is -0.154. The van der Waals surface area contributed by atoms with Gasteiger partial charge in [-0.1, -0.05) is 42.8 Å². The normalized spacial score (nSPS) is 16.3. The van der Waals surface area contributed by atoms with Gasteiger partial charge in [0.15, 0.2) is 0 Å². The first-order chi connectivity index (χ1) is 17.7. The summed E-state index contributed by atoms with van der Waals surface area (Å²) in [6, 6.07) is 14.8. The van der Waals surface area contributed by atoms with Crippen LogP contribution in [0.2, 0.25) is 5.02 Å². The topological polar surface area (TPSA) is 81.9 Å². The van der Waals surface area contributed by atoms with Crippen molar-refractivity contribution < 1.29 is 18.0 Å². The van der Waals surface area contributed by atoms with E-state index in [1.165, 1.54) is 18.3 Å². The predicted octanol–water partition coefficient (Wildman–Crippen LogP) is 5.92. The van der Waals surface area contributed by atoms with Crippen molar-refractivity contribution in [3.8, 4) is 6.07 Å². The predicted molar refractivity (Wildman–Crippen MR) is 137 cm³/mol. The molecule has 1 fully saturated rings. The van der Waals surface area contributed by atoms with Crippen molar-refractivity contribution in [2.75, 3.05) is 24.5 Å². The number of carbonyl (C=O) groups is 1. The Kier molecular flexibility index (Phi) is 8.25. The quantitative estimate of drug-likeness (QED) is 0.396. The van der Waals surface area contributed by atoms with E-state index >= 15 is 0 Å². The molecule has 1 saturated heterocycles. The third-order valence-electron chi connectivity index (χ3n) is 6.05. The number of rotatable bonds is 7. The summed E-state index contributed by atoms with van der Waals surface area (Å²) in [5.41, 5.74) is 0.560. The lowest BCUT2D eigenvalue weighted by molar-refractivity contribution is -0.139. The Labute approximate surface area is 221 Å². The maximum atomic E-state index is 13.4. The number of amides is 1. The van der Waals surface area contributed by atoms with Gasteiger partial charge in [0, 0.05) is 41.0 Å². The zero-order chi connectivity index (χ0) is 26.6. The maximum Gasteiger partial charge on any atom is 0.417 e. The van der Waals surface area contributed by atoms with E-state index in [2.05, 4.69) is 15.3 Å². The molecule has 2 aromatic carbocycles. The number of carbonyl (C=O) groups excluding carboxylic acids is 1. The lowest BCUT2D eigenvalue weighted by Gasteiger charge is -2.21. The monoisotopic (exact) mass is 545 g/mol. The molecule has 1 amide bonds. The Balaban J connectivity index is 1.48. The van der Waals surface area contributed by atoms with Crippen LogP contribution in [-0.2, 0) is 6.18 Å². The number of nitriles is 1. The second kappa shape index (κ2) is 11.4. The van der Waals surface area contributed by atoms with Crippen molar-refractivity contribution in [2.24, 2.45) is 0 Å². The molecule has 6 nitrogen and oxygen atoms in total. The van der Waals surface area contributed by atoms with E-state index in [0.29, 0.717) is 36.9 Å². The fourth-order valence-corrected chi connectivity index (χ4v) is 5.51. The lowest BCUT2D eigenvalue weighted by Crippen LogP contribution is -2.31. The minimum Gasteiger partial charge on any atom is -0.355 e. The Morgan fingerprint density at radius 2 is 2.00 bits per heavy atom. The van der Waals surface area contributed by atoms with E-state index in [1.54, 1.807) is 18.2 Å². The van der Waals surface area contributed by atoms with Crippen molar-refractivity contribution in [3.63, 3.8) is 0 Å². The number of alkyl halides is 3. The van der Waals surface area contributed by atoms with E-state index in [0.717, 1.165) is 23.4 Å². The number of thioether (sulfide) groups is 1. The zero-order valence-corrected chi connectivity index (χ0v) is 21.4. The van der Waals surface area contributed by atoms with Crippen molar-refractivity contribution >= 4 is 35.1 Å². The number of halogens is 4. The van der Waals surface area contributed by atoms with Crippen LogP contribution in [0.1, 0.15) is 46.6 Å². The molecule has 4 rings (SSSR count). The summed E-state index contributed by atoms with van der Waals surface area (Å²) in [6.45, 7) is 3.18. The first kappa shape index (κ1) is 26.8. The van der Waals surface area contributed by atoms with Crippen LogP contribution in [0.15, 0.2) is 59.6 Å². The van der Waals surface area contributed by atoms with Gasteiger partial charge >= 0.3 is 6.18 Å². The van der Waals surface area contributed by atoms with Crippen molar-refractivity contribution in [3.05, 3.63) is 82.3 Å². The van der Waals surface area contributed by atoms with Crippen LogP contribution in [0.4, 0.5) is 19.0 Å². The third kappa shape index (κ3) is 6.53. The highest BCUT2D eigenvalue weighted by atomic mass is 35.5. The van der Waals surface area contributed by atoms with Gasteiger partial charge in [-0.25, -0.2) is 9.97 Å². The van der Waals surface area contributed by atoms with Crippen LogP contribution < -0.4 is 10.2 Å². The second-order valence-corrected chi connectivity index (χ2v) is 10.5. The molecule has 2 heterocycles. The Bertz CT molecular complexity index is 1310. The molecule has 0 aliphatic carbocycles. The Morgan fingerprint density at radius 1 is 1.27 bits per heavy atom. The SMILES string of the molecule is CC(CNC(=O)c1cnc(C#N)nc1N1CC[C@H](Sc2ccccc2C(F)(F)F)C1)c1ccc(Cl)cc1. The van der Waals surface area contributed by atoms with Gasteiger partial charge in [-0.15, -0.1) is 11.8 Å². The highest BCUT2D eigenvalue weighted by molar-refractivity contribution is 8.00. The van der Waals surface area contributed by atoms with Crippen molar-refractivity contribution in [2.45, 2.75) is 35.6 Å². The van der Waals surface area contributed by atoms with Gasteiger partial charge in [-0.2, -0.15) is 18.4 Å². The van der Waals surface area contributed by atoms with Gasteiger partial charge in [0.25, 0.3) is 5.91 Å². The Morgan fingerprint density at radius 3 is 2.70 bits per heavy atom. The van der Waals surface area contributed by atoms with Crippen LogP contribution in [0.3, 0.4) is 0 Å². The molecule has 1 aromatic heterocycles. The van der Waals surface area contributed by atoms with Crippen LogP contribution >= 0.6 is 23.4 Å². The van der Waals surface area contributed by atoms with Gasteiger partial charge < -0.3 is 10.2 Å². The van der Waals surface area contributed by atoms with Gasteiger partial charge in [0.1, 0.15) is 17.5 Å². The molecule has 1 N–H and O–H groups in total. The number of hydrogen-bond acceptors (Lipinski definition) is 6. The van der Waals surface area contributed by atoms with Crippen LogP contribution in [0.5, 0.6) is 0 Å². The summed E-state index contributed by atoms with van der Waals surface area (Å²) < 4.78 is 40.3. The van der Waals surface area contributed by atoms with Gasteiger partial charge in [-0.3, -0.25) is 4.79 Å². The highest BCUT2D eigenvalue weighted by Crippen LogP contribution is 2.40. The van der Waals surface area contributed by atoms with Crippen LogP contribution in [0.25, 0.3) is 0 Å².